The molecule has 1 heterocycles. The second-order valence-corrected chi connectivity index (χ2v) is 4.24. The number of hydrogen-bond donors (Lipinski definition) is 1. The van der Waals surface area contributed by atoms with Crippen LogP contribution in [0.3, 0.4) is 0 Å². The predicted octanol–water partition coefficient (Wildman–Crippen LogP) is 0.612. The molecule has 0 atom stereocenters. The second kappa shape index (κ2) is 4.22. The predicted molar refractivity (Wildman–Crippen MR) is 54.7 cm³/mol. The van der Waals surface area contributed by atoms with Gasteiger partial charge in [-0.15, -0.1) is 0 Å². The van der Waals surface area contributed by atoms with Gasteiger partial charge < -0.3 is 10.5 Å². The van der Waals surface area contributed by atoms with Gasteiger partial charge in [-0.05, 0) is 19.4 Å². The molecule has 13 heavy (non-hydrogen) atoms. The molecule has 1 aliphatic heterocycles. The highest BCUT2D eigenvalue weighted by molar-refractivity contribution is 5.01. The number of hydrogen-bond acceptors (Lipinski definition) is 3. The first-order valence-electron chi connectivity index (χ1n) is 4.76. The Labute approximate surface area is 80.5 Å². The molecule has 1 fully saturated rings. The fourth-order valence-corrected chi connectivity index (χ4v) is 1.52. The number of ether oxygens (including phenoxy) is 1. The summed E-state index contributed by atoms with van der Waals surface area (Å²) < 4.78 is 5.43. The van der Waals surface area contributed by atoms with E-state index >= 15 is 0 Å². The van der Waals surface area contributed by atoms with E-state index in [0.717, 1.165) is 31.9 Å². The van der Waals surface area contributed by atoms with Gasteiger partial charge in [-0.3, -0.25) is 4.90 Å². The SMILES string of the molecule is C=C(CN)CN1CCOCC1(C)C. The van der Waals surface area contributed by atoms with E-state index in [0.29, 0.717) is 6.54 Å². The van der Waals surface area contributed by atoms with Gasteiger partial charge in [0.2, 0.25) is 0 Å². The quantitative estimate of drug-likeness (QED) is 0.653. The van der Waals surface area contributed by atoms with Gasteiger partial charge in [-0.25, -0.2) is 0 Å². The molecule has 76 valence electrons. The van der Waals surface area contributed by atoms with E-state index in [-0.39, 0.29) is 5.54 Å². The summed E-state index contributed by atoms with van der Waals surface area (Å²) >= 11 is 0. The van der Waals surface area contributed by atoms with Crippen LogP contribution < -0.4 is 5.73 Å². The van der Waals surface area contributed by atoms with E-state index in [1.165, 1.54) is 0 Å². The minimum Gasteiger partial charge on any atom is -0.378 e. The third-order valence-corrected chi connectivity index (χ3v) is 2.52. The highest BCUT2D eigenvalue weighted by atomic mass is 16.5. The van der Waals surface area contributed by atoms with Gasteiger partial charge in [0.05, 0.1) is 13.2 Å². The van der Waals surface area contributed by atoms with Gasteiger partial charge in [0, 0.05) is 25.2 Å². The van der Waals surface area contributed by atoms with Gasteiger partial charge in [0.25, 0.3) is 0 Å². The van der Waals surface area contributed by atoms with Crippen LogP contribution in [-0.4, -0.2) is 43.3 Å². The lowest BCUT2D eigenvalue weighted by atomic mass is 10.0. The summed E-state index contributed by atoms with van der Waals surface area (Å²) in [5, 5.41) is 0. The second-order valence-electron chi connectivity index (χ2n) is 4.24. The molecule has 0 aliphatic carbocycles. The molecule has 2 N–H and O–H groups in total. The largest absolute Gasteiger partial charge is 0.378 e. The molecule has 0 spiro atoms. The van der Waals surface area contributed by atoms with Crippen LogP contribution in [0, 0.1) is 0 Å². The summed E-state index contributed by atoms with van der Waals surface area (Å²) in [5.74, 6) is 0. The fraction of sp³-hybridized carbons (Fsp3) is 0.800. The first kappa shape index (κ1) is 10.7. The molecule has 0 aromatic rings. The standard InChI is InChI=1S/C10H20N2O/c1-9(6-11)7-12-4-5-13-8-10(12,2)3/h1,4-8,11H2,2-3H3. The Kier molecular flexibility index (Phi) is 3.47. The van der Waals surface area contributed by atoms with Crippen LogP contribution in [0.4, 0.5) is 0 Å². The van der Waals surface area contributed by atoms with Crippen LogP contribution in [-0.2, 0) is 4.74 Å². The van der Waals surface area contributed by atoms with E-state index in [1.807, 2.05) is 0 Å². The molecule has 0 amide bonds. The van der Waals surface area contributed by atoms with E-state index in [1.54, 1.807) is 0 Å². The van der Waals surface area contributed by atoms with Crippen molar-refractivity contribution < 1.29 is 4.74 Å². The molecule has 0 saturated carbocycles. The molecule has 1 rings (SSSR count). The van der Waals surface area contributed by atoms with Crippen molar-refractivity contribution in [3.63, 3.8) is 0 Å². The molecule has 3 heteroatoms. The minimum absolute atomic E-state index is 0.121. The summed E-state index contributed by atoms with van der Waals surface area (Å²) in [6.45, 7) is 12.4. The Hall–Kier alpha value is -0.380. The Bertz CT molecular complexity index is 189. The lowest BCUT2D eigenvalue weighted by Gasteiger charge is -2.42. The average Bonchev–Trinajstić information content (AvgIpc) is 2.08. The van der Waals surface area contributed by atoms with Crippen LogP contribution >= 0.6 is 0 Å². The molecular weight excluding hydrogens is 164 g/mol. The maximum Gasteiger partial charge on any atom is 0.0645 e. The molecule has 1 aliphatic rings. The van der Waals surface area contributed by atoms with Gasteiger partial charge in [-0.2, -0.15) is 0 Å². The zero-order chi connectivity index (χ0) is 9.90. The highest BCUT2D eigenvalue weighted by Gasteiger charge is 2.30. The number of nitrogens with zero attached hydrogens (tertiary/aromatic N) is 1. The number of nitrogens with two attached hydrogens (primary N) is 1. The van der Waals surface area contributed by atoms with Crippen LogP contribution in [0.25, 0.3) is 0 Å². The normalized spacial score (nSPS) is 23.0. The summed E-state index contributed by atoms with van der Waals surface area (Å²) in [6.07, 6.45) is 0. The summed E-state index contributed by atoms with van der Waals surface area (Å²) in [5.41, 5.74) is 6.73. The maximum absolute atomic E-state index is 5.52. The van der Waals surface area contributed by atoms with Crippen molar-refractivity contribution in [1.82, 2.24) is 4.90 Å². The zero-order valence-electron chi connectivity index (χ0n) is 8.68. The summed E-state index contributed by atoms with van der Waals surface area (Å²) in [7, 11) is 0. The molecule has 0 unspecified atom stereocenters. The molecule has 0 aromatic carbocycles. The smallest absolute Gasteiger partial charge is 0.0645 e. The van der Waals surface area contributed by atoms with E-state index in [9.17, 15) is 0 Å². The third kappa shape index (κ3) is 2.79. The van der Waals surface area contributed by atoms with Crippen LogP contribution in [0.5, 0.6) is 0 Å². The van der Waals surface area contributed by atoms with E-state index < -0.39 is 0 Å². The average molecular weight is 184 g/mol. The first-order valence-corrected chi connectivity index (χ1v) is 4.76. The fourth-order valence-electron chi connectivity index (χ4n) is 1.52. The lowest BCUT2D eigenvalue weighted by molar-refractivity contribution is -0.0462. The van der Waals surface area contributed by atoms with Crippen LogP contribution in [0.15, 0.2) is 12.2 Å². The lowest BCUT2D eigenvalue weighted by Crippen LogP contribution is -2.53. The highest BCUT2D eigenvalue weighted by Crippen LogP contribution is 2.19. The Morgan fingerprint density at radius 2 is 2.31 bits per heavy atom. The molecule has 3 nitrogen and oxygen atoms in total. The Morgan fingerprint density at radius 1 is 1.62 bits per heavy atom. The zero-order valence-corrected chi connectivity index (χ0v) is 8.68. The number of morpholine rings is 1. The third-order valence-electron chi connectivity index (χ3n) is 2.52. The topological polar surface area (TPSA) is 38.5 Å². The van der Waals surface area contributed by atoms with Gasteiger partial charge >= 0.3 is 0 Å². The van der Waals surface area contributed by atoms with Gasteiger partial charge in [0.15, 0.2) is 0 Å². The Balaban J connectivity index is 2.51. The van der Waals surface area contributed by atoms with Crippen molar-refractivity contribution >= 4 is 0 Å². The minimum atomic E-state index is 0.121. The van der Waals surface area contributed by atoms with Crippen LogP contribution in [0.1, 0.15) is 13.8 Å². The first-order chi connectivity index (χ1) is 6.06. The van der Waals surface area contributed by atoms with Crippen LogP contribution in [0.2, 0.25) is 0 Å². The van der Waals surface area contributed by atoms with Crippen molar-refractivity contribution in [1.29, 1.82) is 0 Å². The monoisotopic (exact) mass is 184 g/mol. The summed E-state index contributed by atoms with van der Waals surface area (Å²) in [4.78, 5) is 2.38. The number of rotatable bonds is 3. The van der Waals surface area contributed by atoms with Crippen molar-refractivity contribution in [2.45, 2.75) is 19.4 Å². The molecular formula is C10H20N2O. The maximum atomic E-state index is 5.52. The molecule has 0 aromatic heterocycles. The summed E-state index contributed by atoms with van der Waals surface area (Å²) in [6, 6.07) is 0. The van der Waals surface area contributed by atoms with Crippen molar-refractivity contribution in [3.05, 3.63) is 12.2 Å². The van der Waals surface area contributed by atoms with E-state index in [2.05, 4.69) is 25.3 Å². The van der Waals surface area contributed by atoms with Crippen molar-refractivity contribution in [2.24, 2.45) is 5.73 Å². The molecule has 0 bridgehead atoms. The Morgan fingerprint density at radius 3 is 2.85 bits per heavy atom. The molecule has 0 radical (unpaired) electrons. The van der Waals surface area contributed by atoms with Gasteiger partial charge in [-0.1, -0.05) is 6.58 Å². The van der Waals surface area contributed by atoms with Crippen molar-refractivity contribution in [3.8, 4) is 0 Å². The van der Waals surface area contributed by atoms with Crippen molar-refractivity contribution in [2.75, 3.05) is 32.8 Å². The van der Waals surface area contributed by atoms with Gasteiger partial charge in [0.1, 0.15) is 0 Å². The molecule has 1 saturated heterocycles. The van der Waals surface area contributed by atoms with E-state index in [4.69, 9.17) is 10.5 Å².